The number of fused-ring (bicyclic) bond motifs is 3. The summed E-state index contributed by atoms with van der Waals surface area (Å²) in [6, 6.07) is 14.4. The predicted octanol–water partition coefficient (Wildman–Crippen LogP) is 3.60. The number of nitrogens with one attached hydrogen (secondary N) is 1. The fourth-order valence-electron chi connectivity index (χ4n) is 4.47. The van der Waals surface area contributed by atoms with Gasteiger partial charge in [-0.3, -0.25) is 4.90 Å². The number of carbonyl (C=O) groups is 3. The average molecular weight is 438 g/mol. The molecule has 2 aromatic carbocycles. The van der Waals surface area contributed by atoms with E-state index in [4.69, 9.17) is 9.47 Å². The number of nitrogens with zero attached hydrogens (tertiary/aromatic N) is 1. The van der Waals surface area contributed by atoms with Crippen LogP contribution in [0.15, 0.2) is 48.5 Å². The molecule has 1 aliphatic carbocycles. The average Bonchev–Trinajstić information content (AvgIpc) is 3.31. The zero-order valence-corrected chi connectivity index (χ0v) is 18.0. The minimum Gasteiger partial charge on any atom is -0.480 e. The molecule has 0 spiro atoms. The van der Waals surface area contributed by atoms with Crippen LogP contribution in [0.5, 0.6) is 0 Å². The summed E-state index contributed by atoms with van der Waals surface area (Å²) in [7, 11) is 0. The van der Waals surface area contributed by atoms with Crippen LogP contribution in [0.2, 0.25) is 0 Å². The maximum absolute atomic E-state index is 12.8. The molecule has 8 heteroatoms. The van der Waals surface area contributed by atoms with Crippen LogP contribution in [0.4, 0.5) is 9.59 Å². The van der Waals surface area contributed by atoms with Crippen LogP contribution in [0.1, 0.15) is 37.3 Å². The molecule has 1 aliphatic heterocycles. The monoisotopic (exact) mass is 438 g/mol. The molecule has 0 aromatic heterocycles. The van der Waals surface area contributed by atoms with Gasteiger partial charge in [0.1, 0.15) is 12.6 Å². The largest absolute Gasteiger partial charge is 0.480 e. The lowest BCUT2D eigenvalue weighted by atomic mass is 9.98. The van der Waals surface area contributed by atoms with E-state index in [-0.39, 0.29) is 31.6 Å². The van der Waals surface area contributed by atoms with E-state index in [1.54, 1.807) is 13.8 Å². The van der Waals surface area contributed by atoms with Gasteiger partial charge in [-0.1, -0.05) is 48.5 Å². The summed E-state index contributed by atoms with van der Waals surface area (Å²) >= 11 is 0. The highest BCUT2D eigenvalue weighted by atomic mass is 16.6. The minimum absolute atomic E-state index is 0.0425. The number of likely N-dealkylation sites (tertiary alicyclic amines) is 1. The number of rotatable bonds is 5. The maximum atomic E-state index is 12.8. The second-order valence-electron chi connectivity index (χ2n) is 8.34. The molecule has 1 saturated heterocycles. The van der Waals surface area contributed by atoms with Crippen LogP contribution in [-0.4, -0.2) is 59.5 Å². The Labute approximate surface area is 186 Å². The van der Waals surface area contributed by atoms with Crippen LogP contribution in [0, 0.1) is 0 Å². The molecule has 2 atom stereocenters. The lowest BCUT2D eigenvalue weighted by molar-refractivity contribution is -0.141. The molecular weight excluding hydrogens is 412 g/mol. The lowest BCUT2D eigenvalue weighted by Crippen LogP contribution is -2.42. The Bertz CT molecular complexity index is 991. The molecule has 1 fully saturated rings. The van der Waals surface area contributed by atoms with Gasteiger partial charge in [-0.2, -0.15) is 0 Å². The molecule has 2 N–H and O–H groups in total. The molecule has 0 radical (unpaired) electrons. The van der Waals surface area contributed by atoms with E-state index >= 15 is 0 Å². The minimum atomic E-state index is -1.14. The number of carboxylic acids is 1. The van der Waals surface area contributed by atoms with Gasteiger partial charge >= 0.3 is 18.2 Å². The van der Waals surface area contributed by atoms with Crippen molar-refractivity contribution in [1.82, 2.24) is 10.2 Å². The van der Waals surface area contributed by atoms with Crippen molar-refractivity contribution < 1.29 is 29.0 Å². The van der Waals surface area contributed by atoms with Crippen LogP contribution >= 0.6 is 0 Å². The van der Waals surface area contributed by atoms with E-state index in [0.29, 0.717) is 0 Å². The number of benzene rings is 2. The molecule has 32 heavy (non-hydrogen) atoms. The van der Waals surface area contributed by atoms with Crippen molar-refractivity contribution in [1.29, 1.82) is 0 Å². The van der Waals surface area contributed by atoms with Crippen LogP contribution in [0.25, 0.3) is 11.1 Å². The fraction of sp³-hybridized carbons (Fsp3) is 0.375. The Morgan fingerprint density at radius 1 is 1.06 bits per heavy atom. The third kappa shape index (κ3) is 4.26. The molecule has 2 amide bonds. The van der Waals surface area contributed by atoms with E-state index in [2.05, 4.69) is 5.32 Å². The topological polar surface area (TPSA) is 105 Å². The molecule has 2 aromatic rings. The predicted molar refractivity (Wildman–Crippen MR) is 116 cm³/mol. The summed E-state index contributed by atoms with van der Waals surface area (Å²) in [4.78, 5) is 37.6. The highest BCUT2D eigenvalue weighted by Crippen LogP contribution is 2.44. The first kappa shape index (κ1) is 21.7. The molecule has 0 bridgehead atoms. The summed E-state index contributed by atoms with van der Waals surface area (Å²) in [6.07, 6.45) is -1.55. The third-order valence-electron chi connectivity index (χ3n) is 5.82. The number of ether oxygens (including phenoxy) is 2. The first-order chi connectivity index (χ1) is 15.3. The van der Waals surface area contributed by atoms with Gasteiger partial charge in [-0.25, -0.2) is 14.4 Å². The van der Waals surface area contributed by atoms with Crippen molar-refractivity contribution in [3.63, 3.8) is 0 Å². The van der Waals surface area contributed by atoms with Gasteiger partial charge in [0.05, 0.1) is 12.1 Å². The van der Waals surface area contributed by atoms with E-state index in [1.807, 2.05) is 48.5 Å². The molecule has 8 nitrogen and oxygen atoms in total. The Kier molecular flexibility index (Phi) is 6.03. The third-order valence-corrected chi connectivity index (χ3v) is 5.82. The molecule has 0 unspecified atom stereocenters. The highest BCUT2D eigenvalue weighted by molar-refractivity contribution is 5.82. The normalized spacial score (nSPS) is 19.4. The Balaban J connectivity index is 1.44. The summed E-state index contributed by atoms with van der Waals surface area (Å²) in [5, 5.41) is 12.2. The molecule has 168 valence electrons. The number of alkyl carbamates (subject to hydrolysis) is 1. The van der Waals surface area contributed by atoms with Crippen molar-refractivity contribution >= 4 is 18.2 Å². The van der Waals surface area contributed by atoms with Gasteiger partial charge in [-0.05, 0) is 36.1 Å². The van der Waals surface area contributed by atoms with E-state index in [1.165, 1.54) is 0 Å². The van der Waals surface area contributed by atoms with Gasteiger partial charge in [0.15, 0.2) is 0 Å². The molecule has 1 heterocycles. The second kappa shape index (κ2) is 8.90. The lowest BCUT2D eigenvalue weighted by Gasteiger charge is -2.22. The smallest absolute Gasteiger partial charge is 0.410 e. The second-order valence-corrected chi connectivity index (χ2v) is 8.34. The molecule has 0 saturated carbocycles. The maximum Gasteiger partial charge on any atom is 0.410 e. The fourth-order valence-corrected chi connectivity index (χ4v) is 4.47. The van der Waals surface area contributed by atoms with Gasteiger partial charge < -0.3 is 19.9 Å². The van der Waals surface area contributed by atoms with E-state index in [9.17, 15) is 19.5 Å². The quantitative estimate of drug-likeness (QED) is 0.739. The summed E-state index contributed by atoms with van der Waals surface area (Å²) in [5.41, 5.74) is 4.38. The number of aliphatic carboxylic acids is 1. The number of carboxylic acid groups (broad SMARTS) is 1. The van der Waals surface area contributed by atoms with Gasteiger partial charge in [0.25, 0.3) is 0 Å². The van der Waals surface area contributed by atoms with Crippen molar-refractivity contribution in [2.75, 3.05) is 13.2 Å². The molecule has 4 rings (SSSR count). The number of carbonyl (C=O) groups excluding carboxylic acids is 2. The van der Waals surface area contributed by atoms with Gasteiger partial charge in [0.2, 0.25) is 0 Å². The zero-order chi connectivity index (χ0) is 22.8. The van der Waals surface area contributed by atoms with E-state index in [0.717, 1.165) is 27.2 Å². The summed E-state index contributed by atoms with van der Waals surface area (Å²) in [5.74, 6) is -1.26. The van der Waals surface area contributed by atoms with Gasteiger partial charge in [0, 0.05) is 18.9 Å². The standard InChI is InChI=1S/C24H26N2O6/c1-14(2)32-23(29)25-15-11-21(22(27)28)26(12-15)24(30)31-13-20-18-9-5-3-7-16(18)17-8-4-6-10-19(17)20/h3-10,14-15,20-21H,11-13H2,1-2H3,(H,25,29)(H,27,28)/t15-,21+/m1/s1. The number of hydrogen-bond acceptors (Lipinski definition) is 5. The van der Waals surface area contributed by atoms with Gasteiger partial charge in [-0.15, -0.1) is 0 Å². The highest BCUT2D eigenvalue weighted by Gasteiger charge is 2.42. The van der Waals surface area contributed by atoms with E-state index < -0.39 is 30.2 Å². The van der Waals surface area contributed by atoms with Crippen molar-refractivity contribution in [2.45, 2.75) is 44.4 Å². The Morgan fingerprint density at radius 3 is 2.22 bits per heavy atom. The number of hydrogen-bond donors (Lipinski definition) is 2. The van der Waals surface area contributed by atoms with Crippen LogP contribution < -0.4 is 5.32 Å². The number of amides is 2. The molecular formula is C24H26N2O6. The Morgan fingerprint density at radius 2 is 1.66 bits per heavy atom. The SMILES string of the molecule is CC(C)OC(=O)N[C@@H]1C[C@@H](C(=O)O)N(C(=O)OCC2c3ccccc3-c3ccccc32)C1. The van der Waals surface area contributed by atoms with Crippen molar-refractivity contribution in [2.24, 2.45) is 0 Å². The Hall–Kier alpha value is -3.55. The van der Waals surface area contributed by atoms with Crippen LogP contribution in [-0.2, 0) is 14.3 Å². The molecule has 2 aliphatic rings. The first-order valence-corrected chi connectivity index (χ1v) is 10.7. The first-order valence-electron chi connectivity index (χ1n) is 10.7. The van der Waals surface area contributed by atoms with Crippen molar-refractivity contribution in [3.05, 3.63) is 59.7 Å². The van der Waals surface area contributed by atoms with Crippen LogP contribution in [0.3, 0.4) is 0 Å². The zero-order valence-electron chi connectivity index (χ0n) is 18.0. The summed E-state index contributed by atoms with van der Waals surface area (Å²) in [6.45, 7) is 3.58. The van der Waals surface area contributed by atoms with Crippen molar-refractivity contribution in [3.8, 4) is 11.1 Å². The summed E-state index contributed by atoms with van der Waals surface area (Å²) < 4.78 is 10.7.